The van der Waals surface area contributed by atoms with Gasteiger partial charge in [-0.25, -0.2) is 0 Å². The molecule has 2 aliphatic rings. The summed E-state index contributed by atoms with van der Waals surface area (Å²) in [6.07, 6.45) is 4.94. The lowest BCUT2D eigenvalue weighted by Gasteiger charge is -2.35. The van der Waals surface area contributed by atoms with Crippen molar-refractivity contribution in [2.75, 3.05) is 13.1 Å². The molecule has 1 aliphatic carbocycles. The van der Waals surface area contributed by atoms with Crippen molar-refractivity contribution >= 4 is 0 Å². The molecule has 3 aromatic rings. The van der Waals surface area contributed by atoms with E-state index in [0.29, 0.717) is 11.8 Å². The number of likely N-dealkylation sites (tertiary alicyclic amines) is 1. The van der Waals surface area contributed by atoms with Crippen molar-refractivity contribution in [1.82, 2.24) is 19.7 Å². The Labute approximate surface area is 189 Å². The standard InChI is InChI=1S/C26H32N4O2/c1-18-7-8-25(19(2)28-18)32-26-13-23-17-29(16-22(23)12-24(26)31)14-20-5-3-6-21(11-20)15-30-10-4-9-27-30/h3-11,22-24,26,31H,12-17H2,1-2H3/t22-,23+,24+,26+/m0/s1. The smallest absolute Gasteiger partial charge is 0.141 e. The van der Waals surface area contributed by atoms with Crippen molar-refractivity contribution in [3.05, 3.63) is 77.4 Å². The maximum Gasteiger partial charge on any atom is 0.141 e. The molecule has 1 aromatic carbocycles. The van der Waals surface area contributed by atoms with Crippen LogP contribution in [-0.4, -0.2) is 50.1 Å². The number of benzene rings is 1. The van der Waals surface area contributed by atoms with Gasteiger partial charge in [-0.15, -0.1) is 0 Å². The number of hydrogen-bond donors (Lipinski definition) is 1. The Morgan fingerprint density at radius 3 is 2.53 bits per heavy atom. The molecular weight excluding hydrogens is 400 g/mol. The molecule has 3 heterocycles. The van der Waals surface area contributed by atoms with Crippen LogP contribution in [0.5, 0.6) is 5.75 Å². The molecule has 5 rings (SSSR count). The first-order valence-electron chi connectivity index (χ1n) is 11.6. The van der Waals surface area contributed by atoms with Gasteiger partial charge < -0.3 is 9.84 Å². The van der Waals surface area contributed by atoms with Gasteiger partial charge in [0.25, 0.3) is 0 Å². The predicted octanol–water partition coefficient (Wildman–Crippen LogP) is 3.59. The highest BCUT2D eigenvalue weighted by atomic mass is 16.5. The van der Waals surface area contributed by atoms with E-state index < -0.39 is 6.10 Å². The molecule has 1 N–H and O–H groups in total. The molecule has 0 bridgehead atoms. The zero-order chi connectivity index (χ0) is 22.1. The number of pyridine rings is 1. The number of aliphatic hydroxyl groups is 1. The minimum Gasteiger partial charge on any atom is -0.486 e. The lowest BCUT2D eigenvalue weighted by molar-refractivity contribution is -0.0236. The summed E-state index contributed by atoms with van der Waals surface area (Å²) in [5, 5.41) is 15.1. The molecule has 2 aromatic heterocycles. The quantitative estimate of drug-likeness (QED) is 0.645. The van der Waals surface area contributed by atoms with Crippen LogP contribution in [0.3, 0.4) is 0 Å². The van der Waals surface area contributed by atoms with E-state index in [1.54, 1.807) is 0 Å². The maximum atomic E-state index is 10.8. The van der Waals surface area contributed by atoms with Crippen LogP contribution < -0.4 is 4.74 Å². The van der Waals surface area contributed by atoms with E-state index >= 15 is 0 Å². The summed E-state index contributed by atoms with van der Waals surface area (Å²) < 4.78 is 8.20. The fourth-order valence-electron chi connectivity index (χ4n) is 5.37. The monoisotopic (exact) mass is 432 g/mol. The molecule has 32 heavy (non-hydrogen) atoms. The first kappa shape index (κ1) is 21.2. The van der Waals surface area contributed by atoms with Crippen molar-refractivity contribution < 1.29 is 9.84 Å². The molecule has 1 saturated carbocycles. The number of aromatic nitrogens is 3. The normalized spacial score (nSPS) is 25.6. The van der Waals surface area contributed by atoms with Crippen LogP contribution in [0.4, 0.5) is 0 Å². The zero-order valence-electron chi connectivity index (χ0n) is 18.9. The predicted molar refractivity (Wildman–Crippen MR) is 123 cm³/mol. The van der Waals surface area contributed by atoms with E-state index in [2.05, 4.69) is 39.2 Å². The number of hydrogen-bond acceptors (Lipinski definition) is 5. The van der Waals surface area contributed by atoms with Gasteiger partial charge in [-0.1, -0.05) is 24.3 Å². The number of ether oxygens (including phenoxy) is 1. The molecule has 168 valence electrons. The third kappa shape index (κ3) is 4.71. The molecule has 6 heteroatoms. The largest absolute Gasteiger partial charge is 0.486 e. The molecule has 0 spiro atoms. The zero-order valence-corrected chi connectivity index (χ0v) is 18.9. The highest BCUT2D eigenvalue weighted by Gasteiger charge is 2.42. The Hall–Kier alpha value is -2.70. The van der Waals surface area contributed by atoms with Crippen LogP contribution in [0.15, 0.2) is 54.9 Å². The molecule has 1 aliphatic heterocycles. The molecule has 0 unspecified atom stereocenters. The van der Waals surface area contributed by atoms with E-state index in [1.165, 1.54) is 11.1 Å². The summed E-state index contributed by atoms with van der Waals surface area (Å²) in [7, 11) is 0. The molecular formula is C26H32N4O2. The average Bonchev–Trinajstić information content (AvgIpc) is 3.40. The van der Waals surface area contributed by atoms with Gasteiger partial charge in [0.05, 0.1) is 18.3 Å². The first-order valence-corrected chi connectivity index (χ1v) is 11.6. The van der Waals surface area contributed by atoms with Crippen LogP contribution in [0, 0.1) is 25.7 Å². The van der Waals surface area contributed by atoms with Crippen molar-refractivity contribution in [2.24, 2.45) is 11.8 Å². The fourth-order valence-corrected chi connectivity index (χ4v) is 5.37. The van der Waals surface area contributed by atoms with E-state index in [0.717, 1.165) is 56.2 Å². The van der Waals surface area contributed by atoms with Crippen LogP contribution >= 0.6 is 0 Å². The second kappa shape index (κ2) is 9.04. The Kier molecular flexibility index (Phi) is 5.98. The molecule has 6 nitrogen and oxygen atoms in total. The van der Waals surface area contributed by atoms with Crippen LogP contribution in [0.2, 0.25) is 0 Å². The summed E-state index contributed by atoms with van der Waals surface area (Å²) in [5.74, 6) is 1.89. The lowest BCUT2D eigenvalue weighted by Crippen LogP contribution is -2.42. The van der Waals surface area contributed by atoms with E-state index in [-0.39, 0.29) is 6.10 Å². The van der Waals surface area contributed by atoms with Gasteiger partial charge in [0, 0.05) is 37.7 Å². The van der Waals surface area contributed by atoms with Gasteiger partial charge in [0.2, 0.25) is 0 Å². The topological polar surface area (TPSA) is 63.4 Å². The van der Waals surface area contributed by atoms with Gasteiger partial charge in [-0.3, -0.25) is 14.6 Å². The number of fused-ring (bicyclic) bond motifs is 1. The Bertz CT molecular complexity index is 1050. The molecule has 2 fully saturated rings. The third-order valence-electron chi connectivity index (χ3n) is 6.92. The molecule has 4 atom stereocenters. The van der Waals surface area contributed by atoms with E-state index in [9.17, 15) is 5.11 Å². The average molecular weight is 433 g/mol. The Morgan fingerprint density at radius 1 is 1.00 bits per heavy atom. The van der Waals surface area contributed by atoms with Gasteiger partial charge in [-0.2, -0.15) is 5.10 Å². The lowest BCUT2D eigenvalue weighted by atomic mass is 9.78. The van der Waals surface area contributed by atoms with Crippen molar-refractivity contribution in [3.63, 3.8) is 0 Å². The van der Waals surface area contributed by atoms with Gasteiger partial charge in [-0.05, 0) is 67.9 Å². The molecule has 0 radical (unpaired) electrons. The summed E-state index contributed by atoms with van der Waals surface area (Å²) in [6, 6.07) is 14.7. The summed E-state index contributed by atoms with van der Waals surface area (Å²) in [4.78, 5) is 7.04. The van der Waals surface area contributed by atoms with Crippen LogP contribution in [-0.2, 0) is 13.1 Å². The number of aryl methyl sites for hydroxylation is 2. The second-order valence-corrected chi connectivity index (χ2v) is 9.47. The Balaban J connectivity index is 1.20. The minimum absolute atomic E-state index is 0.156. The van der Waals surface area contributed by atoms with Crippen molar-refractivity contribution in [1.29, 1.82) is 0 Å². The summed E-state index contributed by atoms with van der Waals surface area (Å²) in [5.41, 5.74) is 4.48. The second-order valence-electron chi connectivity index (χ2n) is 9.47. The third-order valence-corrected chi connectivity index (χ3v) is 6.92. The van der Waals surface area contributed by atoms with Crippen LogP contribution in [0.1, 0.15) is 35.4 Å². The number of rotatable bonds is 6. The van der Waals surface area contributed by atoms with Gasteiger partial charge >= 0.3 is 0 Å². The highest BCUT2D eigenvalue weighted by molar-refractivity contribution is 5.28. The maximum absolute atomic E-state index is 10.8. The van der Waals surface area contributed by atoms with Crippen molar-refractivity contribution in [2.45, 2.75) is 52.0 Å². The van der Waals surface area contributed by atoms with Crippen molar-refractivity contribution in [3.8, 4) is 5.75 Å². The molecule has 1 saturated heterocycles. The van der Waals surface area contributed by atoms with E-state index in [4.69, 9.17) is 4.74 Å². The molecule has 0 amide bonds. The summed E-state index contributed by atoms with van der Waals surface area (Å²) in [6.45, 7) is 7.80. The van der Waals surface area contributed by atoms with Gasteiger partial charge in [0.1, 0.15) is 11.9 Å². The number of nitrogens with zero attached hydrogens (tertiary/aromatic N) is 4. The highest BCUT2D eigenvalue weighted by Crippen LogP contribution is 2.38. The summed E-state index contributed by atoms with van der Waals surface area (Å²) >= 11 is 0. The first-order chi connectivity index (χ1) is 15.5. The number of aliphatic hydroxyl groups excluding tert-OH is 1. The van der Waals surface area contributed by atoms with E-state index in [1.807, 2.05) is 49.1 Å². The fraction of sp³-hybridized carbons (Fsp3) is 0.462. The minimum atomic E-state index is -0.422. The Morgan fingerprint density at radius 2 is 1.78 bits per heavy atom. The van der Waals surface area contributed by atoms with Gasteiger partial charge in [0.15, 0.2) is 0 Å². The van der Waals surface area contributed by atoms with Crippen LogP contribution in [0.25, 0.3) is 0 Å². The SMILES string of the molecule is Cc1ccc(O[C@@H]2C[C@@H]3CN(Cc4cccc(Cn5cccn5)c4)C[C@@H]3C[C@H]2O)c(C)n1.